The van der Waals surface area contributed by atoms with Crippen molar-refractivity contribution in [3.8, 4) is 11.5 Å². The lowest BCUT2D eigenvalue weighted by Crippen LogP contribution is -2.28. The molecule has 4 aromatic carbocycles. The summed E-state index contributed by atoms with van der Waals surface area (Å²) in [6.07, 6.45) is 4.25. The third-order valence-electron chi connectivity index (χ3n) is 10.7. The summed E-state index contributed by atoms with van der Waals surface area (Å²) in [7, 11) is 3.59. The Labute approximate surface area is 464 Å². The van der Waals surface area contributed by atoms with Crippen LogP contribution in [0.5, 0.6) is 11.5 Å². The van der Waals surface area contributed by atoms with E-state index in [0.29, 0.717) is 35.0 Å². The Hall–Kier alpha value is -9.04. The molecule has 0 spiro atoms. The monoisotopic (exact) mass is 1100 g/mol. The molecule has 0 aliphatic carbocycles. The summed E-state index contributed by atoms with van der Waals surface area (Å²) in [6, 6.07) is 19.7. The number of ether oxygens (including phenoxy) is 2. The molecule has 0 saturated carbocycles. The fourth-order valence-corrected chi connectivity index (χ4v) is 7.17. The summed E-state index contributed by atoms with van der Waals surface area (Å²) in [5.74, 6) is -6.51. The maximum absolute atomic E-state index is 13.1. The average molecular weight is 1100 g/mol. The van der Waals surface area contributed by atoms with Crippen LogP contribution in [-0.4, -0.2) is 94.9 Å². The van der Waals surface area contributed by atoms with Crippen LogP contribution in [0.25, 0.3) is 0 Å². The largest absolute Gasteiger partial charge is 0.486 e. The first-order chi connectivity index (χ1) is 33.8. The molecule has 20 heteroatoms. The second-order valence-corrected chi connectivity index (χ2v) is 15.6. The Morgan fingerprint density at radius 3 is 1.30 bits per heavy atom. The van der Waals surface area contributed by atoms with E-state index in [1.807, 2.05) is 31.3 Å². The van der Waals surface area contributed by atoms with Gasteiger partial charge in [0, 0.05) is 36.0 Å². The molecule has 0 unspecified atom stereocenters. The Bertz CT molecular complexity index is 2980. The van der Waals surface area contributed by atoms with E-state index in [1.165, 1.54) is 6.26 Å². The molecule has 6 aromatic rings. The number of likely N-dealkylation sites (N-methyl/N-ethyl adjacent to an activating group) is 1. The van der Waals surface area contributed by atoms with Crippen LogP contribution in [0.4, 0.5) is 11.4 Å². The third-order valence-corrected chi connectivity index (χ3v) is 10.7. The van der Waals surface area contributed by atoms with E-state index in [4.69, 9.17) is 18.3 Å². The lowest BCUT2D eigenvalue weighted by atomic mass is 9.95. The summed E-state index contributed by atoms with van der Waals surface area (Å²) in [6.45, 7) is 5.33. The fourth-order valence-electron chi connectivity index (χ4n) is 7.17. The summed E-state index contributed by atoms with van der Waals surface area (Å²) in [4.78, 5) is 96.3. The Morgan fingerprint density at radius 1 is 0.494 bits per heavy atom. The summed E-state index contributed by atoms with van der Waals surface area (Å²) >= 11 is 0. The standard InChI is InChI=1S/C27H28N2O8.C24H22N2O8.8CH4/c1-16(30)21-13-22(24(27(34)35)14-23(21)26(32)33)25(31)29-8-6-18-10-17(5-7-28-2)11-20(12-18)37-15-19-4-3-9-36-19;1-12-19(25-3)6-7-20(21(12)34-11-14-5-4-8-33-14)26-22(28)16-9-15(13(2)27)17(23(29)30)10-18(16)24(31)32;;;;;;;;/h3-4,9-14,28H,5-8,15H2,1-2H3,(H,29,31)(H,32,33)(H,34,35);4-10,25H,11H2,1-3H3,(H,26,28)(H,29,30)(H,31,32);8*1H4. The highest BCUT2D eigenvalue weighted by atomic mass is 16.5. The zero-order valence-electron chi connectivity index (χ0n) is 39.1. The molecular formula is C59H82N4O16. The minimum absolute atomic E-state index is 0. The van der Waals surface area contributed by atoms with Crippen LogP contribution in [0.2, 0.25) is 0 Å². The number of nitrogens with one attached hydrogen (secondary N) is 4. The Balaban J connectivity index is -0.000000648. The van der Waals surface area contributed by atoms with Crippen molar-refractivity contribution in [3.05, 3.63) is 164 Å². The summed E-state index contributed by atoms with van der Waals surface area (Å²) in [5, 5.41) is 49.2. The molecule has 0 saturated heterocycles. The zero-order valence-corrected chi connectivity index (χ0v) is 39.1. The van der Waals surface area contributed by atoms with Gasteiger partial charge in [-0.2, -0.15) is 0 Å². The van der Waals surface area contributed by atoms with Gasteiger partial charge in [-0.3, -0.25) is 19.2 Å². The molecule has 0 aliphatic rings. The molecule has 79 heavy (non-hydrogen) atoms. The first-order valence-corrected chi connectivity index (χ1v) is 21.6. The number of aromatic carboxylic acids is 4. The molecular weight excluding hydrogens is 1020 g/mol. The van der Waals surface area contributed by atoms with Crippen LogP contribution < -0.4 is 30.7 Å². The van der Waals surface area contributed by atoms with Gasteiger partial charge in [0.05, 0.1) is 51.6 Å². The molecule has 2 aromatic heterocycles. The number of carbonyl (C=O) groups is 8. The van der Waals surface area contributed by atoms with Gasteiger partial charge < -0.3 is 60.0 Å². The molecule has 2 heterocycles. The van der Waals surface area contributed by atoms with Gasteiger partial charge in [-0.1, -0.05) is 65.5 Å². The quantitative estimate of drug-likeness (QED) is 0.0293. The van der Waals surface area contributed by atoms with Crippen molar-refractivity contribution in [2.24, 2.45) is 0 Å². The Morgan fingerprint density at radius 2 is 0.899 bits per heavy atom. The second-order valence-electron chi connectivity index (χ2n) is 15.6. The SMILES string of the molecule is C.C.C.C.C.C.C.C.CNCCc1cc(CCNC(=O)c2cc(C(C)=O)c(C(=O)O)cc2C(=O)O)cc(OCc2ccco2)c1.CNc1ccc(NC(=O)c2cc(C(C)=O)c(C(=O)O)cc2C(=O)O)c(OCc2ccco2)c1C. The van der Waals surface area contributed by atoms with Crippen LogP contribution in [0, 0.1) is 6.92 Å². The van der Waals surface area contributed by atoms with Crippen LogP contribution in [0.1, 0.15) is 184 Å². The van der Waals surface area contributed by atoms with Gasteiger partial charge in [0.25, 0.3) is 11.8 Å². The van der Waals surface area contributed by atoms with Crippen molar-refractivity contribution < 1.29 is 77.1 Å². The number of carboxylic acid groups (broad SMARTS) is 4. The molecule has 434 valence electrons. The first kappa shape index (κ1) is 76.5. The Kier molecular flexibility index (Phi) is 34.2. The van der Waals surface area contributed by atoms with Crippen molar-refractivity contribution in [1.29, 1.82) is 0 Å². The van der Waals surface area contributed by atoms with E-state index in [1.54, 1.807) is 50.6 Å². The number of hydrogen-bond acceptors (Lipinski definition) is 14. The van der Waals surface area contributed by atoms with Gasteiger partial charge in [-0.25, -0.2) is 19.2 Å². The molecule has 0 bridgehead atoms. The molecule has 6 rings (SSSR count). The first-order valence-electron chi connectivity index (χ1n) is 21.6. The molecule has 2 amide bonds. The molecule has 0 fully saturated rings. The van der Waals surface area contributed by atoms with Gasteiger partial charge >= 0.3 is 23.9 Å². The van der Waals surface area contributed by atoms with Gasteiger partial charge in [-0.05, 0) is 131 Å². The van der Waals surface area contributed by atoms with Crippen molar-refractivity contribution in [1.82, 2.24) is 10.6 Å². The van der Waals surface area contributed by atoms with Crippen molar-refractivity contribution in [2.75, 3.05) is 37.8 Å². The van der Waals surface area contributed by atoms with E-state index < -0.39 is 69.5 Å². The third kappa shape index (κ3) is 20.1. The smallest absolute Gasteiger partial charge is 0.336 e. The van der Waals surface area contributed by atoms with Crippen molar-refractivity contribution in [2.45, 2.75) is 106 Å². The number of ketones is 2. The normalized spacial score (nSPS) is 9.48. The molecule has 0 aliphatic heterocycles. The van der Waals surface area contributed by atoms with Crippen molar-refractivity contribution >= 4 is 58.6 Å². The highest BCUT2D eigenvalue weighted by Gasteiger charge is 2.27. The minimum Gasteiger partial charge on any atom is -0.486 e. The van der Waals surface area contributed by atoms with Crippen molar-refractivity contribution in [3.63, 3.8) is 0 Å². The number of hydrogen-bond donors (Lipinski definition) is 8. The molecule has 20 nitrogen and oxygen atoms in total. The number of carbonyl (C=O) groups excluding carboxylic acids is 4. The number of Topliss-reactive ketones (excluding diaryl/α,β-unsaturated/α-hetero) is 2. The van der Waals surface area contributed by atoms with E-state index in [0.717, 1.165) is 67.9 Å². The van der Waals surface area contributed by atoms with E-state index in [2.05, 4.69) is 21.3 Å². The van der Waals surface area contributed by atoms with E-state index >= 15 is 0 Å². The predicted octanol–water partition coefficient (Wildman–Crippen LogP) is 12.3. The predicted molar refractivity (Wildman–Crippen MR) is 309 cm³/mol. The van der Waals surface area contributed by atoms with Gasteiger partial charge in [-0.15, -0.1) is 0 Å². The van der Waals surface area contributed by atoms with E-state index in [-0.39, 0.29) is 107 Å². The number of anilines is 2. The lowest BCUT2D eigenvalue weighted by Gasteiger charge is -2.18. The van der Waals surface area contributed by atoms with Gasteiger partial charge in [0.1, 0.15) is 36.2 Å². The highest BCUT2D eigenvalue weighted by molar-refractivity contribution is 6.15. The molecule has 0 atom stereocenters. The van der Waals surface area contributed by atoms with Gasteiger partial charge in [0.15, 0.2) is 11.6 Å². The number of rotatable bonds is 22. The number of benzene rings is 4. The van der Waals surface area contributed by atoms with Gasteiger partial charge in [0.2, 0.25) is 0 Å². The number of amides is 2. The fraction of sp³-hybridized carbons (Fsp3) is 0.322. The van der Waals surface area contributed by atoms with Crippen LogP contribution in [-0.2, 0) is 26.1 Å². The topological polar surface area (TPSA) is 310 Å². The van der Waals surface area contributed by atoms with E-state index in [9.17, 15) is 58.8 Å². The minimum atomic E-state index is -1.52. The lowest BCUT2D eigenvalue weighted by molar-refractivity contribution is 0.0672. The molecule has 8 N–H and O–H groups in total. The van der Waals surface area contributed by atoms with Crippen LogP contribution >= 0.6 is 0 Å². The van der Waals surface area contributed by atoms with Crippen LogP contribution in [0.3, 0.4) is 0 Å². The second kappa shape index (κ2) is 35.3. The molecule has 0 radical (unpaired) electrons. The highest BCUT2D eigenvalue weighted by Crippen LogP contribution is 2.35. The number of furan rings is 2. The average Bonchev–Trinajstić information content (AvgIpc) is 4.07. The maximum Gasteiger partial charge on any atom is 0.336 e. The number of carboxylic acids is 4. The zero-order chi connectivity index (χ0) is 51.9. The van der Waals surface area contributed by atoms with Crippen LogP contribution in [0.15, 0.2) is 100 Å². The summed E-state index contributed by atoms with van der Waals surface area (Å²) < 4.78 is 22.3. The maximum atomic E-state index is 13.1. The summed E-state index contributed by atoms with van der Waals surface area (Å²) in [5.41, 5.74) is 0.406.